The molecule has 0 aromatic rings. The zero-order valence-corrected chi connectivity index (χ0v) is 10.9. The van der Waals surface area contributed by atoms with Gasteiger partial charge in [-0.15, -0.1) is 0 Å². The first-order chi connectivity index (χ1) is 7.27. The lowest BCUT2D eigenvalue weighted by Crippen LogP contribution is -2.37. The molecule has 0 fully saturated rings. The molecule has 0 bridgehead atoms. The first-order valence-electron chi connectivity index (χ1n) is 5.11. The molecule has 0 aromatic heterocycles. The molecule has 96 valence electrons. The zero-order valence-electron chi connectivity index (χ0n) is 10.0. The summed E-state index contributed by atoms with van der Waals surface area (Å²) in [6, 6.07) is 0. The van der Waals surface area contributed by atoms with Gasteiger partial charge >= 0.3 is 0 Å². The molecule has 0 aliphatic rings. The molecule has 1 atom stereocenters. The van der Waals surface area contributed by atoms with E-state index in [2.05, 4.69) is 9.05 Å². The van der Waals surface area contributed by atoms with Crippen LogP contribution in [0.3, 0.4) is 0 Å². The van der Waals surface area contributed by atoms with Crippen LogP contribution in [0.2, 0.25) is 0 Å². The summed E-state index contributed by atoms with van der Waals surface area (Å²) in [6.07, 6.45) is 1.39. The lowest BCUT2D eigenvalue weighted by Gasteiger charge is -2.27. The molecule has 6 nitrogen and oxygen atoms in total. The molecular formula is C9H20NO5P. The minimum Gasteiger partial charge on any atom is -0.756 e. The number of quaternary nitrogens is 1. The largest absolute Gasteiger partial charge is 0.756 e. The lowest BCUT2D eigenvalue weighted by atomic mass is 10.4. The number of hydrogen-bond acceptors (Lipinski definition) is 5. The molecular weight excluding hydrogens is 233 g/mol. The van der Waals surface area contributed by atoms with E-state index < -0.39 is 7.82 Å². The molecule has 0 heterocycles. The van der Waals surface area contributed by atoms with E-state index in [0.29, 0.717) is 23.9 Å². The Morgan fingerprint density at radius 2 is 1.81 bits per heavy atom. The van der Waals surface area contributed by atoms with Gasteiger partial charge in [0.05, 0.1) is 27.7 Å². The van der Waals surface area contributed by atoms with Gasteiger partial charge in [0, 0.05) is 6.42 Å². The van der Waals surface area contributed by atoms with Gasteiger partial charge in [-0.3, -0.25) is 4.57 Å². The van der Waals surface area contributed by atoms with Gasteiger partial charge in [0.15, 0.2) is 0 Å². The number of likely N-dealkylation sites (N-methyl/N-ethyl adjacent to an activating group) is 1. The van der Waals surface area contributed by atoms with Gasteiger partial charge in [-0.2, -0.15) is 0 Å². The minimum atomic E-state index is -4.19. The Hall–Kier alpha value is -0.260. The maximum atomic E-state index is 11.2. The summed E-state index contributed by atoms with van der Waals surface area (Å²) in [5.74, 6) is 0. The van der Waals surface area contributed by atoms with Crippen molar-refractivity contribution in [2.75, 3.05) is 40.9 Å². The van der Waals surface area contributed by atoms with E-state index >= 15 is 0 Å². The highest BCUT2D eigenvalue weighted by molar-refractivity contribution is 7.45. The highest BCUT2D eigenvalue weighted by Crippen LogP contribution is 2.38. The molecule has 0 amide bonds. The molecule has 0 aromatic carbocycles. The van der Waals surface area contributed by atoms with Crippen LogP contribution in [0.25, 0.3) is 0 Å². The van der Waals surface area contributed by atoms with Crippen LogP contribution >= 0.6 is 7.82 Å². The van der Waals surface area contributed by atoms with Crippen LogP contribution in [-0.4, -0.2) is 51.7 Å². The van der Waals surface area contributed by atoms with Crippen LogP contribution in [0.15, 0.2) is 0 Å². The van der Waals surface area contributed by atoms with Crippen LogP contribution in [0.5, 0.6) is 0 Å². The van der Waals surface area contributed by atoms with Crippen molar-refractivity contribution in [2.24, 2.45) is 0 Å². The fourth-order valence-corrected chi connectivity index (χ4v) is 1.54. The highest BCUT2D eigenvalue weighted by Gasteiger charge is 2.12. The number of rotatable bonds is 9. The van der Waals surface area contributed by atoms with Crippen LogP contribution in [0, 0.1) is 0 Å². The predicted octanol–water partition coefficient (Wildman–Crippen LogP) is 0.173. The van der Waals surface area contributed by atoms with Gasteiger partial charge in [-0.05, 0) is 6.42 Å². The van der Waals surface area contributed by atoms with Gasteiger partial charge < -0.3 is 23.2 Å². The predicted molar refractivity (Wildman–Crippen MR) is 57.7 cm³/mol. The summed E-state index contributed by atoms with van der Waals surface area (Å²) in [7, 11) is 1.61. The molecule has 0 saturated heterocycles. The number of phosphoric ester groups is 1. The topological polar surface area (TPSA) is 75.7 Å². The van der Waals surface area contributed by atoms with Gasteiger partial charge in [0.1, 0.15) is 19.4 Å². The van der Waals surface area contributed by atoms with Crippen LogP contribution in [-0.2, 0) is 18.4 Å². The second-order valence-corrected chi connectivity index (χ2v) is 5.85. The molecule has 0 radical (unpaired) electrons. The Kier molecular flexibility index (Phi) is 7.03. The van der Waals surface area contributed by atoms with Gasteiger partial charge in [0.2, 0.25) is 0 Å². The van der Waals surface area contributed by atoms with Crippen LogP contribution in [0.4, 0.5) is 0 Å². The third kappa shape index (κ3) is 10.3. The standard InChI is InChI=1S/C9H20NO5P/c1-10(2,3)6-9-15-16(12,13)14-8-5-4-7-11/h7H,4-6,8-9H2,1-3H3. The number of carbonyl (C=O) groups excluding carboxylic acids is 1. The van der Waals surface area contributed by atoms with Crippen molar-refractivity contribution < 1.29 is 27.8 Å². The third-order valence-electron chi connectivity index (χ3n) is 1.73. The van der Waals surface area contributed by atoms with E-state index in [1.807, 2.05) is 21.1 Å². The Bertz CT molecular complexity index is 251. The zero-order chi connectivity index (χ0) is 12.7. The third-order valence-corrected chi connectivity index (χ3v) is 2.72. The number of aldehydes is 1. The summed E-state index contributed by atoms with van der Waals surface area (Å²) < 4.78 is 21.0. The average molecular weight is 253 g/mol. The second kappa shape index (κ2) is 7.14. The van der Waals surface area contributed by atoms with Crippen LogP contribution < -0.4 is 4.89 Å². The second-order valence-electron chi connectivity index (χ2n) is 4.44. The smallest absolute Gasteiger partial charge is 0.268 e. The van der Waals surface area contributed by atoms with Crippen molar-refractivity contribution >= 4 is 14.1 Å². The Labute approximate surface area is 96.4 Å². The molecule has 1 unspecified atom stereocenters. The highest BCUT2D eigenvalue weighted by atomic mass is 31.2. The Morgan fingerprint density at radius 1 is 1.25 bits per heavy atom. The normalized spacial score (nSPS) is 15.8. The Balaban J connectivity index is 3.70. The van der Waals surface area contributed by atoms with Gasteiger partial charge in [-0.1, -0.05) is 0 Å². The van der Waals surface area contributed by atoms with Gasteiger partial charge in [0.25, 0.3) is 7.82 Å². The molecule has 0 rings (SSSR count). The van der Waals surface area contributed by atoms with E-state index in [9.17, 15) is 14.3 Å². The number of hydrogen-bond donors (Lipinski definition) is 0. The maximum absolute atomic E-state index is 11.2. The fourth-order valence-electron chi connectivity index (χ4n) is 0.807. The van der Waals surface area contributed by atoms with Gasteiger partial charge in [-0.25, -0.2) is 0 Å². The number of unbranched alkanes of at least 4 members (excludes halogenated alkanes) is 1. The Morgan fingerprint density at radius 3 is 2.31 bits per heavy atom. The van der Waals surface area contributed by atoms with Crippen LogP contribution in [0.1, 0.15) is 12.8 Å². The molecule has 0 saturated carbocycles. The van der Waals surface area contributed by atoms with Crippen molar-refractivity contribution in [1.29, 1.82) is 0 Å². The molecule has 7 heteroatoms. The summed E-state index contributed by atoms with van der Waals surface area (Å²) in [5.41, 5.74) is 0. The number of phosphoric acid groups is 1. The van der Waals surface area contributed by atoms with E-state index in [4.69, 9.17) is 0 Å². The minimum absolute atomic E-state index is 0.0100. The molecule has 16 heavy (non-hydrogen) atoms. The molecule has 0 spiro atoms. The number of nitrogens with zero attached hydrogens (tertiary/aromatic N) is 1. The van der Waals surface area contributed by atoms with E-state index in [-0.39, 0.29) is 13.2 Å². The lowest BCUT2D eigenvalue weighted by molar-refractivity contribution is -0.870. The SMILES string of the molecule is C[N+](C)(C)CCOP(=O)([O-])OCCCC=O. The average Bonchev–Trinajstić information content (AvgIpc) is 2.10. The van der Waals surface area contributed by atoms with E-state index in [1.54, 1.807) is 0 Å². The maximum Gasteiger partial charge on any atom is 0.268 e. The van der Waals surface area contributed by atoms with Crippen molar-refractivity contribution in [3.05, 3.63) is 0 Å². The first kappa shape index (κ1) is 15.7. The monoisotopic (exact) mass is 253 g/mol. The van der Waals surface area contributed by atoms with E-state index in [1.165, 1.54) is 0 Å². The quantitative estimate of drug-likeness (QED) is 0.253. The van der Waals surface area contributed by atoms with Crippen molar-refractivity contribution in [2.45, 2.75) is 12.8 Å². The van der Waals surface area contributed by atoms with E-state index in [0.717, 1.165) is 6.29 Å². The summed E-state index contributed by atoms with van der Waals surface area (Å²) in [6.45, 7) is 0.659. The van der Waals surface area contributed by atoms with Crippen molar-refractivity contribution in [3.63, 3.8) is 0 Å². The molecule has 0 aliphatic carbocycles. The number of carbonyl (C=O) groups is 1. The first-order valence-corrected chi connectivity index (χ1v) is 6.57. The summed E-state index contributed by atoms with van der Waals surface area (Å²) in [5, 5.41) is 0. The fraction of sp³-hybridized carbons (Fsp3) is 0.889. The summed E-state index contributed by atoms with van der Waals surface area (Å²) >= 11 is 0. The summed E-state index contributed by atoms with van der Waals surface area (Å²) in [4.78, 5) is 21.1. The van der Waals surface area contributed by atoms with Crippen molar-refractivity contribution in [3.8, 4) is 0 Å². The molecule has 0 N–H and O–H groups in total. The molecule has 0 aliphatic heterocycles. The van der Waals surface area contributed by atoms with Crippen molar-refractivity contribution in [1.82, 2.24) is 0 Å².